The summed E-state index contributed by atoms with van der Waals surface area (Å²) in [5.74, 6) is 0.382. The molecule has 0 amide bonds. The van der Waals surface area contributed by atoms with Crippen molar-refractivity contribution in [1.29, 1.82) is 0 Å². The number of benzene rings is 1. The molecule has 0 aromatic heterocycles. The van der Waals surface area contributed by atoms with E-state index in [0.717, 1.165) is 10.0 Å². The van der Waals surface area contributed by atoms with Gasteiger partial charge in [-0.05, 0) is 38.6 Å². The molecule has 0 saturated heterocycles. The second-order valence-corrected chi connectivity index (χ2v) is 5.87. The summed E-state index contributed by atoms with van der Waals surface area (Å²) < 4.78 is 11.3. The first-order valence-corrected chi connectivity index (χ1v) is 6.88. The van der Waals surface area contributed by atoms with E-state index in [2.05, 4.69) is 15.9 Å². The molecule has 5 nitrogen and oxygen atoms in total. The van der Waals surface area contributed by atoms with Crippen LogP contribution < -0.4 is 9.47 Å². The number of carboxylic acid groups (broad SMARTS) is 1. The molecule has 0 aliphatic carbocycles. The summed E-state index contributed by atoms with van der Waals surface area (Å²) in [5, 5.41) is 9.24. The fraction of sp³-hybridized carbons (Fsp3) is 0.500. The molecule has 0 atom stereocenters. The predicted octanol–water partition coefficient (Wildman–Crippen LogP) is 2.76. The Labute approximate surface area is 127 Å². The van der Waals surface area contributed by atoms with Gasteiger partial charge in [-0.2, -0.15) is 0 Å². The minimum absolute atomic E-state index is 0.472. The van der Waals surface area contributed by atoms with Gasteiger partial charge in [0.05, 0.1) is 14.2 Å². The zero-order chi connectivity index (χ0) is 15.5. The summed E-state index contributed by atoms with van der Waals surface area (Å²) in [4.78, 5) is 13.0. The molecule has 0 radical (unpaired) electrons. The number of methoxy groups -OCH3 is 2. The number of ether oxygens (including phenoxy) is 2. The summed E-state index contributed by atoms with van der Waals surface area (Å²) >= 11 is 3.47. The van der Waals surface area contributed by atoms with Gasteiger partial charge >= 0.3 is 5.97 Å². The summed E-state index contributed by atoms with van der Waals surface area (Å²) in [6, 6.07) is 3.66. The lowest BCUT2D eigenvalue weighted by molar-refractivity contribution is -0.148. The molecule has 0 unspecified atom stereocenters. The Hall–Kier alpha value is -1.27. The molecular formula is C14H20BrNO4. The van der Waals surface area contributed by atoms with Crippen LogP contribution in [0, 0.1) is 0 Å². The quantitative estimate of drug-likeness (QED) is 0.858. The summed E-state index contributed by atoms with van der Waals surface area (Å²) in [6.07, 6.45) is 0. The summed E-state index contributed by atoms with van der Waals surface area (Å²) in [6.45, 7) is 3.81. The van der Waals surface area contributed by atoms with E-state index < -0.39 is 11.5 Å². The van der Waals surface area contributed by atoms with Crippen molar-refractivity contribution < 1.29 is 19.4 Å². The zero-order valence-electron chi connectivity index (χ0n) is 12.4. The van der Waals surface area contributed by atoms with E-state index in [1.165, 1.54) is 0 Å². The number of carboxylic acids is 1. The lowest BCUT2D eigenvalue weighted by Crippen LogP contribution is -2.47. The SMILES string of the molecule is COc1cc(Br)c(CN(C)C(C)(C)C(=O)O)cc1OC. The molecule has 1 aromatic carbocycles. The Morgan fingerprint density at radius 2 is 1.80 bits per heavy atom. The summed E-state index contributed by atoms with van der Waals surface area (Å²) in [5.41, 5.74) is -0.0217. The highest BCUT2D eigenvalue weighted by Crippen LogP contribution is 2.34. The van der Waals surface area contributed by atoms with Crippen molar-refractivity contribution in [3.63, 3.8) is 0 Å². The van der Waals surface area contributed by atoms with E-state index >= 15 is 0 Å². The molecule has 0 aliphatic heterocycles. The first kappa shape index (κ1) is 16.8. The Morgan fingerprint density at radius 3 is 2.25 bits per heavy atom. The van der Waals surface area contributed by atoms with Gasteiger partial charge in [0, 0.05) is 11.0 Å². The molecule has 1 rings (SSSR count). The summed E-state index contributed by atoms with van der Waals surface area (Å²) in [7, 11) is 4.92. The Balaban J connectivity index is 3.07. The monoisotopic (exact) mass is 345 g/mol. The molecule has 0 fully saturated rings. The highest BCUT2D eigenvalue weighted by Gasteiger charge is 2.32. The number of rotatable bonds is 6. The Kier molecular flexibility index (Phi) is 5.42. The van der Waals surface area contributed by atoms with Gasteiger partial charge in [0.25, 0.3) is 0 Å². The van der Waals surface area contributed by atoms with E-state index in [1.807, 2.05) is 12.1 Å². The van der Waals surface area contributed by atoms with E-state index in [-0.39, 0.29) is 0 Å². The van der Waals surface area contributed by atoms with E-state index in [4.69, 9.17) is 9.47 Å². The number of nitrogens with zero attached hydrogens (tertiary/aromatic N) is 1. The first-order valence-electron chi connectivity index (χ1n) is 6.09. The molecule has 0 saturated carbocycles. The smallest absolute Gasteiger partial charge is 0.323 e. The van der Waals surface area contributed by atoms with Crippen molar-refractivity contribution >= 4 is 21.9 Å². The van der Waals surface area contributed by atoms with Gasteiger partial charge in [-0.1, -0.05) is 15.9 Å². The van der Waals surface area contributed by atoms with Crippen molar-refractivity contribution in [2.75, 3.05) is 21.3 Å². The molecular weight excluding hydrogens is 326 g/mol. The largest absolute Gasteiger partial charge is 0.493 e. The van der Waals surface area contributed by atoms with Crippen LogP contribution >= 0.6 is 15.9 Å². The number of aliphatic carboxylic acids is 1. The normalized spacial score (nSPS) is 11.6. The molecule has 0 spiro atoms. The van der Waals surface area contributed by atoms with Crippen molar-refractivity contribution in [2.24, 2.45) is 0 Å². The maximum absolute atomic E-state index is 11.3. The third-order valence-electron chi connectivity index (χ3n) is 3.44. The van der Waals surface area contributed by atoms with Crippen molar-refractivity contribution in [3.8, 4) is 11.5 Å². The Bertz CT molecular complexity index is 502. The fourth-order valence-electron chi connectivity index (χ4n) is 1.63. The Morgan fingerprint density at radius 1 is 1.30 bits per heavy atom. The second-order valence-electron chi connectivity index (χ2n) is 5.02. The standard InChI is InChI=1S/C14H20BrNO4/c1-14(2,13(17)18)16(3)8-9-6-11(19-4)12(20-5)7-10(9)15/h6-7H,8H2,1-5H3,(H,17,18). The lowest BCUT2D eigenvalue weighted by atomic mass is 10.0. The van der Waals surface area contributed by atoms with Crippen LogP contribution in [-0.2, 0) is 11.3 Å². The number of hydrogen-bond donors (Lipinski definition) is 1. The number of hydrogen-bond acceptors (Lipinski definition) is 4. The van der Waals surface area contributed by atoms with Gasteiger partial charge in [0.15, 0.2) is 11.5 Å². The van der Waals surface area contributed by atoms with Crippen molar-refractivity contribution in [1.82, 2.24) is 4.90 Å². The van der Waals surface area contributed by atoms with Crippen LogP contribution in [0.4, 0.5) is 0 Å². The maximum Gasteiger partial charge on any atom is 0.323 e. The number of halogens is 1. The van der Waals surface area contributed by atoms with Gasteiger partial charge in [-0.15, -0.1) is 0 Å². The van der Waals surface area contributed by atoms with Crippen molar-refractivity contribution in [3.05, 3.63) is 22.2 Å². The molecule has 0 bridgehead atoms. The van der Waals surface area contributed by atoms with Crippen molar-refractivity contribution in [2.45, 2.75) is 25.9 Å². The van der Waals surface area contributed by atoms with Gasteiger partial charge < -0.3 is 14.6 Å². The molecule has 1 N–H and O–H groups in total. The third kappa shape index (κ3) is 3.43. The predicted molar refractivity (Wildman–Crippen MR) is 80.4 cm³/mol. The van der Waals surface area contributed by atoms with Gasteiger partial charge in [-0.3, -0.25) is 9.69 Å². The third-order valence-corrected chi connectivity index (χ3v) is 4.18. The zero-order valence-corrected chi connectivity index (χ0v) is 13.9. The van der Waals surface area contributed by atoms with Crippen LogP contribution in [0.5, 0.6) is 11.5 Å². The van der Waals surface area contributed by atoms with E-state index in [1.54, 1.807) is 40.0 Å². The van der Waals surface area contributed by atoms with Crippen LogP contribution in [0.25, 0.3) is 0 Å². The molecule has 0 heterocycles. The topological polar surface area (TPSA) is 59.0 Å². The molecule has 20 heavy (non-hydrogen) atoms. The van der Waals surface area contributed by atoms with Crippen LogP contribution in [0.15, 0.2) is 16.6 Å². The fourth-order valence-corrected chi connectivity index (χ4v) is 2.08. The van der Waals surface area contributed by atoms with Crippen LogP contribution in [-0.4, -0.2) is 42.8 Å². The minimum Gasteiger partial charge on any atom is -0.493 e. The number of carbonyl (C=O) groups is 1. The van der Waals surface area contributed by atoms with Crippen LogP contribution in [0.3, 0.4) is 0 Å². The van der Waals surface area contributed by atoms with Gasteiger partial charge in [0.2, 0.25) is 0 Å². The van der Waals surface area contributed by atoms with E-state index in [0.29, 0.717) is 18.0 Å². The molecule has 1 aromatic rings. The molecule has 0 aliphatic rings. The molecule has 112 valence electrons. The average molecular weight is 346 g/mol. The maximum atomic E-state index is 11.3. The highest BCUT2D eigenvalue weighted by molar-refractivity contribution is 9.10. The van der Waals surface area contributed by atoms with Gasteiger partial charge in [0.1, 0.15) is 5.54 Å². The number of likely N-dealkylation sites (N-methyl/N-ethyl adjacent to an activating group) is 1. The highest BCUT2D eigenvalue weighted by atomic mass is 79.9. The van der Waals surface area contributed by atoms with Crippen LogP contribution in [0.1, 0.15) is 19.4 Å². The van der Waals surface area contributed by atoms with Crippen LogP contribution in [0.2, 0.25) is 0 Å². The molecule has 6 heteroatoms. The van der Waals surface area contributed by atoms with E-state index in [9.17, 15) is 9.90 Å². The minimum atomic E-state index is -0.952. The lowest BCUT2D eigenvalue weighted by Gasteiger charge is -2.31. The second kappa shape index (κ2) is 6.45. The average Bonchev–Trinajstić information content (AvgIpc) is 2.39. The first-order chi connectivity index (χ1) is 9.23. The van der Waals surface area contributed by atoms with Gasteiger partial charge in [-0.25, -0.2) is 0 Å².